The molecular weight excluding hydrogens is 476 g/mol. The van der Waals surface area contributed by atoms with Gasteiger partial charge >= 0.3 is 5.97 Å². The van der Waals surface area contributed by atoms with E-state index in [2.05, 4.69) is 15.9 Å². The molecule has 30 heavy (non-hydrogen) atoms. The summed E-state index contributed by atoms with van der Waals surface area (Å²) in [5, 5.41) is 10.3. The van der Waals surface area contributed by atoms with E-state index in [1.807, 2.05) is 0 Å². The van der Waals surface area contributed by atoms with Crippen molar-refractivity contribution >= 4 is 44.5 Å². The molecule has 0 aliphatic carbocycles. The van der Waals surface area contributed by atoms with E-state index < -0.39 is 17.5 Å². The van der Waals surface area contributed by atoms with E-state index in [4.69, 9.17) is 25.5 Å². The molecule has 1 heterocycles. The molecule has 3 rings (SSSR count). The molecule has 1 N–H and O–H groups in total. The first-order valence-corrected chi connectivity index (χ1v) is 10.2. The van der Waals surface area contributed by atoms with Crippen molar-refractivity contribution in [2.75, 3.05) is 7.11 Å². The van der Waals surface area contributed by atoms with E-state index in [0.717, 1.165) is 0 Å². The Hall–Kier alpha value is -2.51. The summed E-state index contributed by atoms with van der Waals surface area (Å²) in [5.41, 5.74) is -0.242. The fraction of sp³-hybridized carbons (Fsp3) is 0.273. The summed E-state index contributed by atoms with van der Waals surface area (Å²) in [6.45, 7) is 5.32. The lowest BCUT2D eigenvalue weighted by Gasteiger charge is -2.28. The molecule has 158 valence electrons. The molecule has 0 amide bonds. The Bertz CT molecular complexity index is 1180. The van der Waals surface area contributed by atoms with Crippen LogP contribution in [0.25, 0.3) is 22.3 Å². The van der Waals surface area contributed by atoms with Crippen molar-refractivity contribution in [1.29, 1.82) is 0 Å². The van der Waals surface area contributed by atoms with Gasteiger partial charge in [0.2, 0.25) is 0 Å². The van der Waals surface area contributed by atoms with Gasteiger partial charge in [-0.3, -0.25) is 4.79 Å². The summed E-state index contributed by atoms with van der Waals surface area (Å²) in [6.07, 6.45) is -1.10. The standard InChI is InChI=1S/C22H20BrClO6/c1-22(2,3)20(21(26)27)30-18-8-12(16(28-4)9-13(18)23)17-10-15(25)11-6-5-7-14(24)19(11)29-17/h5-10,20H,1-4H3,(H,26,27). The van der Waals surface area contributed by atoms with Gasteiger partial charge in [0, 0.05) is 11.5 Å². The van der Waals surface area contributed by atoms with Gasteiger partial charge in [-0.2, -0.15) is 0 Å². The van der Waals surface area contributed by atoms with E-state index >= 15 is 0 Å². The number of carbonyl (C=O) groups is 1. The van der Waals surface area contributed by atoms with Crippen LogP contribution in [-0.2, 0) is 4.79 Å². The van der Waals surface area contributed by atoms with Crippen molar-refractivity contribution in [3.8, 4) is 22.8 Å². The van der Waals surface area contributed by atoms with Crippen molar-refractivity contribution in [1.82, 2.24) is 0 Å². The summed E-state index contributed by atoms with van der Waals surface area (Å²) < 4.78 is 17.7. The highest BCUT2D eigenvalue weighted by molar-refractivity contribution is 9.10. The van der Waals surface area contributed by atoms with Crippen LogP contribution in [0.1, 0.15) is 20.8 Å². The summed E-state index contributed by atoms with van der Waals surface area (Å²) in [7, 11) is 1.48. The van der Waals surface area contributed by atoms with Crippen molar-refractivity contribution in [3.63, 3.8) is 0 Å². The highest BCUT2D eigenvalue weighted by Gasteiger charge is 2.34. The number of methoxy groups -OCH3 is 1. The van der Waals surface area contributed by atoms with Crippen LogP contribution in [0.2, 0.25) is 5.02 Å². The Labute approximate surface area is 186 Å². The van der Waals surface area contributed by atoms with Gasteiger partial charge in [0.15, 0.2) is 17.1 Å². The first-order chi connectivity index (χ1) is 14.0. The van der Waals surface area contributed by atoms with E-state index in [1.165, 1.54) is 13.2 Å². The molecule has 8 heteroatoms. The third kappa shape index (κ3) is 4.32. The summed E-state index contributed by atoms with van der Waals surface area (Å²) in [6, 6.07) is 9.48. The first-order valence-electron chi connectivity index (χ1n) is 9.02. The monoisotopic (exact) mass is 494 g/mol. The smallest absolute Gasteiger partial charge is 0.345 e. The normalized spacial score (nSPS) is 12.6. The van der Waals surface area contributed by atoms with Crippen molar-refractivity contribution < 1.29 is 23.8 Å². The number of halogens is 2. The zero-order chi connectivity index (χ0) is 22.2. The fourth-order valence-corrected chi connectivity index (χ4v) is 3.62. The van der Waals surface area contributed by atoms with E-state index in [-0.39, 0.29) is 22.5 Å². The van der Waals surface area contributed by atoms with Crippen LogP contribution in [0.4, 0.5) is 0 Å². The van der Waals surface area contributed by atoms with E-state index in [1.54, 1.807) is 51.1 Å². The summed E-state index contributed by atoms with van der Waals surface area (Å²) in [5.74, 6) is -0.185. The molecule has 3 aromatic rings. The largest absolute Gasteiger partial charge is 0.496 e. The van der Waals surface area contributed by atoms with Crippen molar-refractivity contribution in [2.24, 2.45) is 5.41 Å². The van der Waals surface area contributed by atoms with Gasteiger partial charge in [-0.15, -0.1) is 0 Å². The van der Waals surface area contributed by atoms with Gasteiger partial charge in [-0.1, -0.05) is 38.4 Å². The number of benzene rings is 2. The number of carboxylic acids is 1. The third-order valence-corrected chi connectivity index (χ3v) is 5.40. The maximum Gasteiger partial charge on any atom is 0.345 e. The van der Waals surface area contributed by atoms with Crippen LogP contribution in [0.5, 0.6) is 11.5 Å². The lowest BCUT2D eigenvalue weighted by molar-refractivity contribution is -0.150. The number of hydrogen-bond donors (Lipinski definition) is 1. The molecule has 1 unspecified atom stereocenters. The molecule has 0 bridgehead atoms. The average Bonchev–Trinajstić information content (AvgIpc) is 2.66. The summed E-state index contributed by atoms with van der Waals surface area (Å²) in [4.78, 5) is 24.3. The SMILES string of the molecule is COc1cc(Br)c(OC(C(=O)O)C(C)(C)C)cc1-c1cc(=O)c2cccc(Cl)c2o1. The molecule has 0 radical (unpaired) electrons. The lowest BCUT2D eigenvalue weighted by Crippen LogP contribution is -2.39. The van der Waals surface area contributed by atoms with Crippen LogP contribution in [0.15, 0.2) is 50.1 Å². The average molecular weight is 496 g/mol. The Kier molecular flexibility index (Phi) is 6.15. The second kappa shape index (κ2) is 8.32. The molecule has 2 aromatic carbocycles. The number of hydrogen-bond acceptors (Lipinski definition) is 5. The van der Waals surface area contributed by atoms with Gasteiger partial charge in [-0.25, -0.2) is 4.79 Å². The maximum absolute atomic E-state index is 12.6. The second-order valence-electron chi connectivity index (χ2n) is 7.78. The van der Waals surface area contributed by atoms with Crippen molar-refractivity contribution in [3.05, 3.63) is 56.1 Å². The number of aliphatic carboxylic acids is 1. The Morgan fingerprint density at radius 2 is 1.90 bits per heavy atom. The van der Waals surface area contributed by atoms with Gasteiger partial charge in [0.25, 0.3) is 0 Å². The Morgan fingerprint density at radius 3 is 2.50 bits per heavy atom. The number of para-hydroxylation sites is 1. The molecule has 0 saturated carbocycles. The first kappa shape index (κ1) is 22.2. The van der Waals surface area contributed by atoms with Gasteiger partial charge in [-0.05, 0) is 40.2 Å². The molecule has 6 nitrogen and oxygen atoms in total. The van der Waals surface area contributed by atoms with Gasteiger partial charge in [0.1, 0.15) is 17.3 Å². The highest BCUT2D eigenvalue weighted by Crippen LogP contribution is 2.41. The number of ether oxygens (including phenoxy) is 2. The van der Waals surface area contributed by atoms with Crippen LogP contribution < -0.4 is 14.9 Å². The fourth-order valence-electron chi connectivity index (χ4n) is 2.99. The van der Waals surface area contributed by atoms with Gasteiger partial charge in [0.05, 0.1) is 27.6 Å². The van der Waals surface area contributed by atoms with Crippen molar-refractivity contribution in [2.45, 2.75) is 26.9 Å². The van der Waals surface area contributed by atoms with Crippen LogP contribution in [-0.4, -0.2) is 24.3 Å². The number of rotatable bonds is 5. The summed E-state index contributed by atoms with van der Waals surface area (Å²) >= 11 is 9.60. The molecule has 0 aliphatic heterocycles. The van der Waals surface area contributed by atoms with E-state index in [9.17, 15) is 14.7 Å². The third-order valence-electron chi connectivity index (χ3n) is 4.48. The molecule has 0 spiro atoms. The zero-order valence-corrected chi connectivity index (χ0v) is 19.1. The topological polar surface area (TPSA) is 86.0 Å². The van der Waals surface area contributed by atoms with E-state index in [0.29, 0.717) is 26.2 Å². The molecule has 0 aliphatic rings. The molecular formula is C22H20BrClO6. The molecule has 0 fully saturated rings. The molecule has 1 aromatic heterocycles. The number of fused-ring (bicyclic) bond motifs is 1. The number of carboxylic acid groups (broad SMARTS) is 1. The zero-order valence-electron chi connectivity index (χ0n) is 16.8. The van der Waals surface area contributed by atoms with Gasteiger partial charge < -0.3 is 19.0 Å². The minimum atomic E-state index is -1.10. The maximum atomic E-state index is 12.6. The quantitative estimate of drug-likeness (QED) is 0.484. The predicted molar refractivity (Wildman–Crippen MR) is 119 cm³/mol. The lowest BCUT2D eigenvalue weighted by atomic mass is 9.89. The van der Waals surface area contributed by atoms with Crippen LogP contribution >= 0.6 is 27.5 Å². The molecule has 1 atom stereocenters. The Morgan fingerprint density at radius 1 is 1.20 bits per heavy atom. The predicted octanol–water partition coefficient (Wildman–Crippen LogP) is 5.76. The minimum absolute atomic E-state index is 0.220. The van der Waals surface area contributed by atoms with Crippen LogP contribution in [0.3, 0.4) is 0 Å². The van der Waals surface area contributed by atoms with Crippen LogP contribution in [0, 0.1) is 5.41 Å². The molecule has 0 saturated heterocycles. The second-order valence-corrected chi connectivity index (χ2v) is 9.04. The minimum Gasteiger partial charge on any atom is -0.496 e. The Balaban J connectivity index is 2.19. The highest BCUT2D eigenvalue weighted by atomic mass is 79.9.